The predicted octanol–water partition coefficient (Wildman–Crippen LogP) is 5.11. The number of hydrogen-bond acceptors (Lipinski definition) is 1. The van der Waals surface area contributed by atoms with E-state index in [1.165, 1.54) is 12.1 Å². The van der Waals surface area contributed by atoms with Crippen LogP contribution in [0.4, 0.5) is 8.78 Å². The van der Waals surface area contributed by atoms with Crippen molar-refractivity contribution in [3.05, 3.63) is 58.7 Å². The van der Waals surface area contributed by atoms with Gasteiger partial charge in [-0.05, 0) is 48.7 Å². The van der Waals surface area contributed by atoms with E-state index in [0.29, 0.717) is 11.3 Å². The lowest BCUT2D eigenvalue weighted by Crippen LogP contribution is -1.96. The van der Waals surface area contributed by atoms with Crippen LogP contribution in [0, 0.1) is 25.5 Å². The quantitative estimate of drug-likeness (QED) is 0.711. The van der Waals surface area contributed by atoms with Crippen molar-refractivity contribution in [2.75, 3.05) is 0 Å². The maximum atomic E-state index is 13.8. The molecule has 0 atom stereocenters. The Labute approximate surface area is 115 Å². The normalized spacial score (nSPS) is 10.6. The maximum Gasteiger partial charge on any atom is 0.198 e. The Balaban J connectivity index is 2.41. The van der Waals surface area contributed by atoms with Gasteiger partial charge in [0.25, 0.3) is 0 Å². The average molecular weight is 283 g/mol. The molecule has 0 bridgehead atoms. The van der Waals surface area contributed by atoms with Crippen LogP contribution in [0.5, 0.6) is 11.5 Å². The van der Waals surface area contributed by atoms with Gasteiger partial charge in [-0.1, -0.05) is 12.1 Å². The third kappa shape index (κ3) is 3.04. The first-order valence-corrected chi connectivity index (χ1v) is 6.33. The molecule has 0 N–H and O–H groups in total. The molecule has 2 rings (SSSR count). The summed E-state index contributed by atoms with van der Waals surface area (Å²) in [4.78, 5) is 0. The number of benzene rings is 2. The molecule has 0 fully saturated rings. The third-order valence-corrected chi connectivity index (χ3v) is 3.08. The van der Waals surface area contributed by atoms with E-state index in [1.807, 2.05) is 26.0 Å². The highest BCUT2D eigenvalue weighted by Gasteiger charge is 2.14. The van der Waals surface area contributed by atoms with Gasteiger partial charge < -0.3 is 4.74 Å². The summed E-state index contributed by atoms with van der Waals surface area (Å²) in [6.07, 6.45) is 0. The molecule has 0 aromatic heterocycles. The van der Waals surface area contributed by atoms with E-state index >= 15 is 0 Å². The van der Waals surface area contributed by atoms with Crippen molar-refractivity contribution in [3.8, 4) is 11.5 Å². The molecule has 0 saturated heterocycles. The van der Waals surface area contributed by atoms with E-state index in [9.17, 15) is 8.78 Å². The van der Waals surface area contributed by atoms with E-state index < -0.39 is 17.4 Å². The first kappa shape index (κ1) is 13.8. The van der Waals surface area contributed by atoms with Crippen LogP contribution in [0.1, 0.15) is 16.7 Å². The fraction of sp³-hybridized carbons (Fsp3) is 0.200. The Bertz CT molecular complexity index is 588. The second-order valence-corrected chi connectivity index (χ2v) is 4.66. The van der Waals surface area contributed by atoms with Crippen molar-refractivity contribution in [1.82, 2.24) is 0 Å². The number of aryl methyl sites for hydroxylation is 2. The number of halogens is 3. The highest BCUT2D eigenvalue weighted by atomic mass is 35.5. The van der Waals surface area contributed by atoms with Gasteiger partial charge in [0.05, 0.1) is 0 Å². The van der Waals surface area contributed by atoms with E-state index in [4.69, 9.17) is 16.3 Å². The zero-order chi connectivity index (χ0) is 14.0. The zero-order valence-corrected chi connectivity index (χ0v) is 11.4. The standard InChI is InChI=1S/C15H13ClF2O/c1-9-3-4-10(2)14(5-9)19-15-12(17)6-11(8-16)7-13(15)18/h3-7H,8H2,1-2H3. The number of hydrogen-bond donors (Lipinski definition) is 0. The van der Waals surface area contributed by atoms with Gasteiger partial charge in [0.2, 0.25) is 0 Å². The minimum atomic E-state index is -0.753. The Morgan fingerprint density at radius 1 is 1.05 bits per heavy atom. The van der Waals surface area contributed by atoms with Crippen LogP contribution in [0.25, 0.3) is 0 Å². The van der Waals surface area contributed by atoms with Crippen molar-refractivity contribution in [2.24, 2.45) is 0 Å². The summed E-state index contributed by atoms with van der Waals surface area (Å²) in [7, 11) is 0. The molecule has 0 unspecified atom stereocenters. The lowest BCUT2D eigenvalue weighted by atomic mass is 10.1. The van der Waals surface area contributed by atoms with Gasteiger partial charge in [0.15, 0.2) is 17.4 Å². The van der Waals surface area contributed by atoms with Crippen LogP contribution in [0.3, 0.4) is 0 Å². The van der Waals surface area contributed by atoms with Gasteiger partial charge in [-0.25, -0.2) is 8.78 Å². The smallest absolute Gasteiger partial charge is 0.198 e. The molecule has 0 heterocycles. The van der Waals surface area contributed by atoms with Crippen LogP contribution in [-0.4, -0.2) is 0 Å². The monoisotopic (exact) mass is 282 g/mol. The molecule has 0 saturated carbocycles. The minimum absolute atomic E-state index is 0.0532. The first-order chi connectivity index (χ1) is 9.01. The topological polar surface area (TPSA) is 9.23 Å². The minimum Gasteiger partial charge on any atom is -0.451 e. The molecule has 0 aliphatic carbocycles. The Kier molecular flexibility index (Phi) is 4.05. The Morgan fingerprint density at radius 2 is 1.68 bits per heavy atom. The highest BCUT2D eigenvalue weighted by Crippen LogP contribution is 2.31. The first-order valence-electron chi connectivity index (χ1n) is 5.80. The summed E-state index contributed by atoms with van der Waals surface area (Å²) in [6, 6.07) is 7.84. The number of ether oxygens (including phenoxy) is 1. The van der Waals surface area contributed by atoms with Crippen LogP contribution in [-0.2, 0) is 5.88 Å². The summed E-state index contributed by atoms with van der Waals surface area (Å²) in [5.41, 5.74) is 2.15. The van der Waals surface area contributed by atoms with Crippen molar-refractivity contribution < 1.29 is 13.5 Å². The fourth-order valence-corrected chi connectivity index (χ4v) is 1.87. The van der Waals surface area contributed by atoms with Crippen molar-refractivity contribution in [2.45, 2.75) is 19.7 Å². The van der Waals surface area contributed by atoms with Crippen molar-refractivity contribution >= 4 is 11.6 Å². The Hall–Kier alpha value is -1.61. The van der Waals surface area contributed by atoms with E-state index in [0.717, 1.165) is 11.1 Å². The van der Waals surface area contributed by atoms with E-state index in [1.54, 1.807) is 6.07 Å². The molecule has 19 heavy (non-hydrogen) atoms. The average Bonchev–Trinajstić information content (AvgIpc) is 2.37. The molecule has 1 nitrogen and oxygen atoms in total. The lowest BCUT2D eigenvalue weighted by molar-refractivity contribution is 0.404. The predicted molar refractivity (Wildman–Crippen MR) is 71.9 cm³/mol. The van der Waals surface area contributed by atoms with Gasteiger partial charge in [-0.15, -0.1) is 11.6 Å². The summed E-state index contributed by atoms with van der Waals surface area (Å²) in [6.45, 7) is 3.70. The molecule has 4 heteroatoms. The molecule has 0 radical (unpaired) electrons. The highest BCUT2D eigenvalue weighted by molar-refractivity contribution is 6.17. The summed E-state index contributed by atoms with van der Waals surface area (Å²) in [5.74, 6) is -1.41. The third-order valence-electron chi connectivity index (χ3n) is 2.77. The summed E-state index contributed by atoms with van der Waals surface area (Å²) >= 11 is 5.56. The molecular weight excluding hydrogens is 270 g/mol. The van der Waals surface area contributed by atoms with Crippen molar-refractivity contribution in [3.63, 3.8) is 0 Å². The van der Waals surface area contributed by atoms with E-state index in [2.05, 4.69) is 0 Å². The van der Waals surface area contributed by atoms with Crippen LogP contribution in [0.2, 0.25) is 0 Å². The molecule has 2 aromatic carbocycles. The summed E-state index contributed by atoms with van der Waals surface area (Å²) < 4.78 is 32.9. The lowest BCUT2D eigenvalue weighted by Gasteiger charge is -2.11. The second-order valence-electron chi connectivity index (χ2n) is 4.39. The summed E-state index contributed by atoms with van der Waals surface area (Å²) in [5, 5.41) is 0. The number of rotatable bonds is 3. The molecule has 0 aliphatic heterocycles. The van der Waals surface area contributed by atoms with Gasteiger partial charge in [0.1, 0.15) is 5.75 Å². The molecule has 100 valence electrons. The maximum absolute atomic E-state index is 13.8. The fourth-order valence-electron chi connectivity index (χ4n) is 1.71. The van der Waals surface area contributed by atoms with Crippen LogP contribution >= 0.6 is 11.6 Å². The van der Waals surface area contributed by atoms with Crippen molar-refractivity contribution in [1.29, 1.82) is 0 Å². The van der Waals surface area contributed by atoms with Gasteiger partial charge in [0, 0.05) is 5.88 Å². The molecule has 2 aromatic rings. The largest absolute Gasteiger partial charge is 0.451 e. The molecule has 0 amide bonds. The molecule has 0 spiro atoms. The number of alkyl halides is 1. The van der Waals surface area contributed by atoms with Gasteiger partial charge in [-0.2, -0.15) is 0 Å². The van der Waals surface area contributed by atoms with Gasteiger partial charge >= 0.3 is 0 Å². The second kappa shape index (κ2) is 5.57. The SMILES string of the molecule is Cc1ccc(C)c(Oc2c(F)cc(CCl)cc2F)c1. The van der Waals surface area contributed by atoms with Gasteiger partial charge in [-0.3, -0.25) is 0 Å². The molecular formula is C15H13ClF2O. The van der Waals surface area contributed by atoms with Crippen LogP contribution < -0.4 is 4.74 Å². The molecule has 0 aliphatic rings. The van der Waals surface area contributed by atoms with Crippen LogP contribution in [0.15, 0.2) is 30.3 Å². The Morgan fingerprint density at radius 3 is 2.26 bits per heavy atom. The zero-order valence-electron chi connectivity index (χ0n) is 10.6. The van der Waals surface area contributed by atoms with E-state index in [-0.39, 0.29) is 5.88 Å².